The summed E-state index contributed by atoms with van der Waals surface area (Å²) in [7, 11) is -2.00. The Bertz CT molecular complexity index is 903. The van der Waals surface area contributed by atoms with Gasteiger partial charge in [0.15, 0.2) is 17.2 Å². The Morgan fingerprint density at radius 3 is 1.29 bits per heavy atom. The molecule has 6 nitrogen and oxygen atoms in total. The number of hydrogen-bond donors (Lipinski definition) is 0. The molecule has 0 radical (unpaired) electrons. The number of para-hydroxylation sites is 3. The molecule has 0 saturated heterocycles. The molecule has 0 saturated carbocycles. The summed E-state index contributed by atoms with van der Waals surface area (Å²) < 4.78 is 43.9. The van der Waals surface area contributed by atoms with E-state index in [4.69, 9.17) is 18.2 Å². The predicted molar refractivity (Wildman–Crippen MR) is 130 cm³/mol. The van der Waals surface area contributed by atoms with Crippen molar-refractivity contribution in [3.05, 3.63) is 128 Å². The molecule has 35 heavy (non-hydrogen) atoms. The minimum Gasteiger partial charge on any atom is -0.999 e. The Hall–Kier alpha value is -2.79. The zero-order valence-corrected chi connectivity index (χ0v) is 21.6. The van der Waals surface area contributed by atoms with Gasteiger partial charge in [0.2, 0.25) is 0 Å². The molecule has 0 bridgehead atoms. The summed E-state index contributed by atoms with van der Waals surface area (Å²) >= 11 is -1.82. The first kappa shape index (κ1) is 32.2. The molecule has 0 aliphatic carbocycles. The van der Waals surface area contributed by atoms with Crippen LogP contribution in [-0.2, 0) is 32.8 Å². The van der Waals surface area contributed by atoms with E-state index >= 15 is 0 Å². The number of hydrogen-bond acceptors (Lipinski definition) is 5. The monoisotopic (exact) mass is 549 g/mol. The van der Waals surface area contributed by atoms with Gasteiger partial charge < -0.3 is 34.9 Å². The molecule has 186 valence electrons. The van der Waals surface area contributed by atoms with E-state index in [0.717, 1.165) is 17.2 Å². The van der Waals surface area contributed by atoms with Crippen molar-refractivity contribution < 1.29 is 44.1 Å². The fourth-order valence-electron chi connectivity index (χ4n) is 2.00. The van der Waals surface area contributed by atoms with Crippen LogP contribution in [0.25, 0.3) is 0 Å². The predicted octanol–water partition coefficient (Wildman–Crippen LogP) is 5.63. The zero-order chi connectivity index (χ0) is 24.9. The maximum absolute atomic E-state index is 9.37. The van der Waals surface area contributed by atoms with Crippen LogP contribution in [0.1, 0.15) is 6.92 Å². The Morgan fingerprint density at radius 1 is 0.800 bits per heavy atom. The minimum atomic E-state index is -2.00. The van der Waals surface area contributed by atoms with Crippen molar-refractivity contribution in [3.63, 3.8) is 0 Å². The van der Waals surface area contributed by atoms with Gasteiger partial charge in [-0.05, 0) is 36.4 Å². The normalized spacial score (nSPS) is 9.74. The molecule has 1 atom stereocenters. The van der Waals surface area contributed by atoms with Crippen LogP contribution in [0.4, 0.5) is 0 Å². The van der Waals surface area contributed by atoms with Crippen LogP contribution in [-0.4, -0.2) is 14.5 Å². The van der Waals surface area contributed by atoms with Gasteiger partial charge in [0.25, 0.3) is 0 Å². The molecular weight excluding hydrogens is 527 g/mol. The van der Waals surface area contributed by atoms with Crippen LogP contribution < -0.4 is 13.6 Å². The zero-order valence-electron chi connectivity index (χ0n) is 18.7. The molecule has 0 amide bonds. The average Bonchev–Trinajstić information content (AvgIpc) is 3.48. The first-order chi connectivity index (χ1) is 16.7. The molecule has 0 N–H and O–H groups in total. The third-order valence-corrected chi connectivity index (χ3v) is 5.10. The van der Waals surface area contributed by atoms with E-state index in [1.54, 1.807) is 13.0 Å². The Kier molecular flexibility index (Phi) is 20.0. The third kappa shape index (κ3) is 16.5. The van der Waals surface area contributed by atoms with Gasteiger partial charge in [-0.1, -0.05) is 72.6 Å². The van der Waals surface area contributed by atoms with Crippen molar-refractivity contribution in [2.24, 2.45) is 0 Å². The molecule has 0 spiro atoms. The SMILES string of the molecule is CCS(=O)[O-].[C-]#[O+].[Fe].[c-]1[c-][c-][cH-][c-]1.c1ccc(O[PH+](Oc2ccccc2)Oc2ccccc2)cc1. The molecule has 0 aliphatic rings. The van der Waals surface area contributed by atoms with Crippen LogP contribution in [0.5, 0.6) is 17.2 Å². The quantitative estimate of drug-likeness (QED) is 0.0980. The fourth-order valence-corrected chi connectivity index (χ4v) is 3.11. The van der Waals surface area contributed by atoms with Crippen LogP contribution in [0.15, 0.2) is 97.1 Å². The van der Waals surface area contributed by atoms with E-state index in [-0.39, 0.29) is 22.8 Å². The number of rotatable bonds is 7. The van der Waals surface area contributed by atoms with Gasteiger partial charge in [0.1, 0.15) is 0 Å². The van der Waals surface area contributed by atoms with Gasteiger partial charge in [-0.25, -0.2) is 0 Å². The molecule has 0 aromatic heterocycles. The van der Waals surface area contributed by atoms with E-state index in [9.17, 15) is 8.76 Å². The second-order valence-corrected chi connectivity index (χ2v) is 8.07. The standard InChI is InChI=1S/C18H16O3P.C5H.C2H6O2S.CO.Fe/c1-4-10-16(11-5-1)19-22(20-17-12-6-2-7-13-17)21-18-14-8-3-9-15-18;1-2-4-5-3-1;1-2-5(3)4;1-2;/h1-15,22H;1H;2H2,1H3,(H,3,4);;/q+1;-5;;;/p-1. The van der Waals surface area contributed by atoms with Crippen molar-refractivity contribution in [1.82, 2.24) is 0 Å². The van der Waals surface area contributed by atoms with Crippen molar-refractivity contribution in [1.29, 1.82) is 0 Å². The summed E-state index contributed by atoms with van der Waals surface area (Å²) in [5.74, 6) is 2.40. The van der Waals surface area contributed by atoms with E-state index in [1.165, 1.54) is 0 Å². The first-order valence-electron chi connectivity index (χ1n) is 9.82. The third-order valence-electron chi connectivity index (χ3n) is 3.42. The maximum atomic E-state index is 9.37. The van der Waals surface area contributed by atoms with Crippen molar-refractivity contribution >= 4 is 19.7 Å². The largest absolute Gasteiger partial charge is 0.999 e. The molecule has 1 unspecified atom stereocenters. The summed E-state index contributed by atoms with van der Waals surface area (Å²) in [6.07, 6.45) is 0. The van der Waals surface area contributed by atoms with E-state index in [2.05, 4.69) is 30.9 Å². The molecular formula is C26H22FeO6PS-5. The Balaban J connectivity index is 0.000000740. The average molecular weight is 549 g/mol. The molecule has 9 heteroatoms. The van der Waals surface area contributed by atoms with Crippen LogP contribution in [0, 0.1) is 30.9 Å². The second-order valence-electron chi connectivity index (χ2n) is 5.77. The van der Waals surface area contributed by atoms with Crippen molar-refractivity contribution in [3.8, 4) is 17.2 Å². The summed E-state index contributed by atoms with van der Waals surface area (Å²) in [6.45, 7) is 6.09. The number of benzene rings is 3. The summed E-state index contributed by atoms with van der Waals surface area (Å²) in [4.78, 5) is 0. The summed E-state index contributed by atoms with van der Waals surface area (Å²) in [5.41, 5.74) is 0. The molecule has 4 aromatic carbocycles. The topological polar surface area (TPSA) is 87.7 Å². The van der Waals surface area contributed by atoms with Crippen molar-refractivity contribution in [2.45, 2.75) is 6.92 Å². The Morgan fingerprint density at radius 2 is 1.09 bits per heavy atom. The van der Waals surface area contributed by atoms with Gasteiger partial charge in [-0.15, -0.1) is 0 Å². The molecule has 4 rings (SSSR count). The fraction of sp³-hybridized carbons (Fsp3) is 0.0769. The van der Waals surface area contributed by atoms with Gasteiger partial charge in [0, 0.05) is 22.8 Å². The van der Waals surface area contributed by atoms with Gasteiger partial charge in [0.05, 0.1) is 0 Å². The van der Waals surface area contributed by atoms with Crippen LogP contribution in [0.3, 0.4) is 0 Å². The minimum absolute atomic E-state index is 0. The van der Waals surface area contributed by atoms with Gasteiger partial charge in [-0.3, -0.25) is 17.8 Å². The molecule has 0 heterocycles. The van der Waals surface area contributed by atoms with E-state index in [1.807, 2.05) is 91.0 Å². The first-order valence-corrected chi connectivity index (χ1v) is 12.3. The van der Waals surface area contributed by atoms with E-state index in [0.29, 0.717) is 0 Å². The van der Waals surface area contributed by atoms with Crippen LogP contribution in [0.2, 0.25) is 0 Å². The summed E-state index contributed by atoms with van der Waals surface area (Å²) in [5, 5.41) is 0. The maximum Gasteiger partial charge on any atom is 0.528 e. The molecule has 4 aromatic rings. The van der Waals surface area contributed by atoms with Gasteiger partial charge >= 0.3 is 19.9 Å². The second kappa shape index (κ2) is 21.7. The Labute approximate surface area is 221 Å². The smallest absolute Gasteiger partial charge is 0.528 e. The van der Waals surface area contributed by atoms with Crippen LogP contribution >= 0.6 is 8.60 Å². The van der Waals surface area contributed by atoms with Gasteiger partial charge in [-0.2, -0.15) is 0 Å². The molecule has 0 aliphatic heterocycles. The molecule has 0 fully saturated rings. The van der Waals surface area contributed by atoms with E-state index < -0.39 is 19.7 Å². The summed E-state index contributed by atoms with van der Waals surface area (Å²) in [6, 6.07) is 40.6. The van der Waals surface area contributed by atoms with Crippen molar-refractivity contribution in [2.75, 3.05) is 5.75 Å².